The fourth-order valence-electron chi connectivity index (χ4n) is 6.52. The van der Waals surface area contributed by atoms with Gasteiger partial charge in [0.15, 0.2) is 0 Å². The molecule has 0 unspecified atom stereocenters. The number of aromatic nitrogens is 4. The molecule has 2 fully saturated rings. The maximum atomic E-state index is 14.9. The van der Waals surface area contributed by atoms with Gasteiger partial charge in [-0.05, 0) is 67.0 Å². The summed E-state index contributed by atoms with van der Waals surface area (Å²) in [5.74, 6) is -1.30. The highest BCUT2D eigenvalue weighted by atomic mass is 19.4. The standard InChI is InChI=1S/C34H37F3N8O4/c1-20-10-13-45(42-20)26-16-23(21-4-6-22(7-5-21)30(46)43(2)3)8-9-24(26)29(34(35,36)37)49-28-17-27(40-32(38)41-28)44-14-11-33(12-15-44)18-25(31(47)48)39-19-33/h4-10,13,16-17,25,29,39H,11-12,14-15,18-19H2,1-3H3,(H,47,48)(H2,38,40,41)/t25-,29+/m0/s1. The number of nitrogens with one attached hydrogen (secondary N) is 1. The first-order valence-electron chi connectivity index (χ1n) is 15.8. The van der Waals surface area contributed by atoms with Crippen molar-refractivity contribution in [1.82, 2.24) is 30.0 Å². The van der Waals surface area contributed by atoms with Crippen LogP contribution in [0, 0.1) is 12.3 Å². The molecule has 12 nitrogen and oxygen atoms in total. The van der Waals surface area contributed by atoms with Gasteiger partial charge < -0.3 is 30.7 Å². The third kappa shape index (κ3) is 7.16. The zero-order valence-electron chi connectivity index (χ0n) is 27.2. The Hall–Kier alpha value is -5.18. The van der Waals surface area contributed by atoms with E-state index in [0.717, 1.165) is 0 Å². The highest BCUT2D eigenvalue weighted by Crippen LogP contribution is 2.43. The Kier molecular flexibility index (Phi) is 8.96. The molecule has 1 spiro atoms. The smallest absolute Gasteiger partial charge is 0.429 e. The lowest BCUT2D eigenvalue weighted by Crippen LogP contribution is -2.41. The lowest BCUT2D eigenvalue weighted by molar-refractivity contribution is -0.198. The molecule has 4 heterocycles. The monoisotopic (exact) mass is 678 g/mol. The molecule has 0 bridgehead atoms. The third-order valence-electron chi connectivity index (χ3n) is 9.20. The van der Waals surface area contributed by atoms with Gasteiger partial charge in [0.25, 0.3) is 5.91 Å². The summed E-state index contributed by atoms with van der Waals surface area (Å²) >= 11 is 0. The SMILES string of the molecule is Cc1ccn(-c2cc(-c3ccc(C(=O)N(C)C)cc3)ccc2[C@@H](Oc2cc(N3CCC4(CC3)CN[C@H](C(=O)O)C4)nc(N)n2)C(F)(F)F)n1. The molecule has 2 aliphatic rings. The number of aliphatic carboxylic acids is 1. The highest BCUT2D eigenvalue weighted by molar-refractivity contribution is 5.94. The normalized spacial score (nSPS) is 18.0. The van der Waals surface area contributed by atoms with Gasteiger partial charge in [0, 0.05) is 57.1 Å². The first-order valence-corrected chi connectivity index (χ1v) is 15.8. The molecule has 2 aromatic heterocycles. The Labute approximate surface area is 280 Å². The minimum absolute atomic E-state index is 0.148. The Bertz CT molecular complexity index is 1850. The molecule has 2 aliphatic heterocycles. The van der Waals surface area contributed by atoms with Gasteiger partial charge in [0.2, 0.25) is 17.9 Å². The summed E-state index contributed by atoms with van der Waals surface area (Å²) < 4.78 is 51.7. The number of halogens is 3. The number of carbonyl (C=O) groups excluding carboxylic acids is 1. The van der Waals surface area contributed by atoms with Crippen molar-refractivity contribution in [2.24, 2.45) is 5.41 Å². The fourth-order valence-corrected chi connectivity index (χ4v) is 6.52. The van der Waals surface area contributed by atoms with Gasteiger partial charge in [-0.15, -0.1) is 0 Å². The van der Waals surface area contributed by atoms with E-state index in [1.807, 2.05) is 4.90 Å². The van der Waals surface area contributed by atoms with E-state index < -0.39 is 24.3 Å². The number of alkyl halides is 3. The van der Waals surface area contributed by atoms with Crippen molar-refractivity contribution in [1.29, 1.82) is 0 Å². The van der Waals surface area contributed by atoms with Gasteiger partial charge in [-0.3, -0.25) is 9.59 Å². The zero-order valence-corrected chi connectivity index (χ0v) is 27.2. The van der Waals surface area contributed by atoms with Crippen LogP contribution in [-0.4, -0.2) is 87.6 Å². The molecule has 0 radical (unpaired) electrons. The second kappa shape index (κ2) is 13.0. The lowest BCUT2D eigenvalue weighted by Gasteiger charge is -2.39. The molecular formula is C34H37F3N8O4. The number of piperidine rings is 1. The Morgan fingerprint density at radius 3 is 2.35 bits per heavy atom. The van der Waals surface area contributed by atoms with Crippen molar-refractivity contribution in [3.63, 3.8) is 0 Å². The number of amides is 1. The number of hydrogen-bond donors (Lipinski definition) is 3. The number of nitrogens with zero attached hydrogens (tertiary/aromatic N) is 6. The van der Waals surface area contributed by atoms with Crippen LogP contribution >= 0.6 is 0 Å². The second-order valence-electron chi connectivity index (χ2n) is 12.9. The number of ether oxygens (including phenoxy) is 1. The van der Waals surface area contributed by atoms with Crippen LogP contribution in [0.15, 0.2) is 60.8 Å². The van der Waals surface area contributed by atoms with Crippen LogP contribution in [0.5, 0.6) is 5.88 Å². The maximum absolute atomic E-state index is 14.9. The van der Waals surface area contributed by atoms with Gasteiger partial charge in [0.05, 0.1) is 11.4 Å². The summed E-state index contributed by atoms with van der Waals surface area (Å²) in [5, 5.41) is 16.9. The number of hydrogen-bond acceptors (Lipinski definition) is 9. The number of benzene rings is 2. The number of aryl methyl sites for hydroxylation is 1. The minimum Gasteiger partial charge on any atom is -0.480 e. The third-order valence-corrected chi connectivity index (χ3v) is 9.20. The molecule has 2 atom stereocenters. The van der Waals surface area contributed by atoms with E-state index in [-0.39, 0.29) is 34.4 Å². The largest absolute Gasteiger partial charge is 0.480 e. The van der Waals surface area contributed by atoms with Gasteiger partial charge in [-0.1, -0.05) is 24.3 Å². The van der Waals surface area contributed by atoms with Crippen LogP contribution in [0.4, 0.5) is 24.9 Å². The molecule has 258 valence electrons. The van der Waals surface area contributed by atoms with Crippen molar-refractivity contribution in [2.45, 2.75) is 44.5 Å². The average Bonchev–Trinajstić information content (AvgIpc) is 3.69. The summed E-state index contributed by atoms with van der Waals surface area (Å²) in [7, 11) is 3.30. The molecule has 15 heteroatoms. The van der Waals surface area contributed by atoms with Crippen LogP contribution in [0.25, 0.3) is 16.8 Å². The van der Waals surface area contributed by atoms with Crippen molar-refractivity contribution < 1.29 is 32.6 Å². The summed E-state index contributed by atoms with van der Waals surface area (Å²) in [5.41, 5.74) is 8.16. The number of nitrogens with two attached hydrogens (primary N) is 1. The minimum atomic E-state index is -4.86. The van der Waals surface area contributed by atoms with E-state index in [9.17, 15) is 27.9 Å². The van der Waals surface area contributed by atoms with Gasteiger partial charge in [-0.25, -0.2) is 4.68 Å². The van der Waals surface area contributed by atoms with Crippen LogP contribution in [0.1, 0.15) is 47.0 Å². The topological polar surface area (TPSA) is 152 Å². The molecule has 6 rings (SSSR count). The van der Waals surface area contributed by atoms with E-state index in [4.69, 9.17) is 10.5 Å². The van der Waals surface area contributed by atoms with E-state index in [1.165, 1.54) is 21.7 Å². The van der Waals surface area contributed by atoms with Crippen LogP contribution in [-0.2, 0) is 4.79 Å². The number of nitrogen functional groups attached to an aromatic ring is 1. The zero-order chi connectivity index (χ0) is 35.1. The lowest BCUT2D eigenvalue weighted by atomic mass is 9.76. The van der Waals surface area contributed by atoms with Crippen LogP contribution in [0.2, 0.25) is 0 Å². The molecule has 4 aromatic rings. The van der Waals surface area contributed by atoms with E-state index >= 15 is 0 Å². The Balaban J connectivity index is 1.30. The average molecular weight is 679 g/mol. The number of anilines is 2. The second-order valence-corrected chi connectivity index (χ2v) is 12.9. The van der Waals surface area contributed by atoms with Crippen LogP contribution < -0.4 is 20.7 Å². The Morgan fingerprint density at radius 2 is 1.76 bits per heavy atom. The molecule has 0 saturated carbocycles. The molecule has 4 N–H and O–H groups in total. The molecule has 2 aromatic carbocycles. The maximum Gasteiger partial charge on any atom is 0.429 e. The van der Waals surface area contributed by atoms with Crippen molar-refractivity contribution in [3.05, 3.63) is 77.6 Å². The predicted octanol–water partition coefficient (Wildman–Crippen LogP) is 4.64. The molecule has 0 aliphatic carbocycles. The molecule has 2 saturated heterocycles. The molecule has 49 heavy (non-hydrogen) atoms. The summed E-state index contributed by atoms with van der Waals surface area (Å²) in [6.45, 7) is 3.35. The number of rotatable bonds is 8. The van der Waals surface area contributed by atoms with Crippen molar-refractivity contribution in [2.75, 3.05) is 44.4 Å². The Morgan fingerprint density at radius 1 is 1.06 bits per heavy atom. The summed E-state index contributed by atoms with van der Waals surface area (Å²) in [4.78, 5) is 35.5. The van der Waals surface area contributed by atoms with Gasteiger partial charge in [0.1, 0.15) is 11.9 Å². The summed E-state index contributed by atoms with van der Waals surface area (Å²) in [6.07, 6.45) is -3.84. The first-order chi connectivity index (χ1) is 23.2. The molecular weight excluding hydrogens is 641 g/mol. The van der Waals surface area contributed by atoms with E-state index in [1.54, 1.807) is 69.7 Å². The number of carbonyl (C=O) groups is 2. The predicted molar refractivity (Wildman–Crippen MR) is 176 cm³/mol. The fraction of sp³-hybridized carbons (Fsp3) is 0.382. The van der Waals surface area contributed by atoms with E-state index in [2.05, 4.69) is 20.4 Å². The van der Waals surface area contributed by atoms with Gasteiger partial charge >= 0.3 is 12.1 Å². The number of carboxylic acids is 1. The van der Waals surface area contributed by atoms with Crippen molar-refractivity contribution >= 4 is 23.6 Å². The highest BCUT2D eigenvalue weighted by Gasteiger charge is 2.46. The number of carboxylic acid groups (broad SMARTS) is 1. The van der Waals surface area contributed by atoms with E-state index in [0.29, 0.717) is 67.1 Å². The summed E-state index contributed by atoms with van der Waals surface area (Å²) in [6, 6.07) is 13.8. The van der Waals surface area contributed by atoms with Crippen molar-refractivity contribution in [3.8, 4) is 22.7 Å². The van der Waals surface area contributed by atoms with Crippen LogP contribution in [0.3, 0.4) is 0 Å². The first kappa shape index (κ1) is 33.7. The molecule has 1 amide bonds. The van der Waals surface area contributed by atoms with Gasteiger partial charge in [-0.2, -0.15) is 28.2 Å². The quantitative estimate of drug-likeness (QED) is 0.241.